The first-order valence-electron chi connectivity index (χ1n) is 7.66. The third-order valence-electron chi connectivity index (χ3n) is 4.65. The summed E-state index contributed by atoms with van der Waals surface area (Å²) in [5.74, 6) is 0.872. The van der Waals surface area contributed by atoms with Crippen LogP contribution in [-0.2, 0) is 6.42 Å². The van der Waals surface area contributed by atoms with E-state index < -0.39 is 0 Å². The van der Waals surface area contributed by atoms with E-state index in [1.54, 1.807) is 0 Å². The monoisotopic (exact) mass is 260 g/mol. The maximum absolute atomic E-state index is 6.02. The summed E-state index contributed by atoms with van der Waals surface area (Å²) in [6, 6.07) is 11.9. The van der Waals surface area contributed by atoms with E-state index in [4.69, 9.17) is 5.73 Å². The molecule has 0 bridgehead atoms. The lowest BCUT2D eigenvalue weighted by molar-refractivity contribution is 0.120. The Bertz CT molecular complexity index is 363. The Morgan fingerprint density at radius 1 is 1.26 bits per heavy atom. The van der Waals surface area contributed by atoms with E-state index in [-0.39, 0.29) is 0 Å². The van der Waals surface area contributed by atoms with Crippen molar-refractivity contribution in [2.45, 2.75) is 51.1 Å². The highest BCUT2D eigenvalue weighted by molar-refractivity contribution is 5.16. The molecule has 2 heteroatoms. The minimum atomic E-state index is 0.470. The molecular formula is C17H28N2. The van der Waals surface area contributed by atoms with Gasteiger partial charge >= 0.3 is 0 Å². The van der Waals surface area contributed by atoms with Crippen LogP contribution >= 0.6 is 0 Å². The Kier molecular flexibility index (Phi) is 5.41. The van der Waals surface area contributed by atoms with Crippen molar-refractivity contribution in [3.05, 3.63) is 35.9 Å². The summed E-state index contributed by atoms with van der Waals surface area (Å²) in [5, 5.41) is 0. The van der Waals surface area contributed by atoms with Crippen molar-refractivity contribution in [2.75, 3.05) is 13.6 Å². The fourth-order valence-corrected chi connectivity index (χ4v) is 3.35. The molecule has 2 N–H and O–H groups in total. The maximum atomic E-state index is 6.02. The van der Waals surface area contributed by atoms with Crippen LogP contribution in [0.4, 0.5) is 0 Å². The van der Waals surface area contributed by atoms with E-state index in [9.17, 15) is 0 Å². The highest BCUT2D eigenvalue weighted by Gasteiger charge is 2.26. The summed E-state index contributed by atoms with van der Waals surface area (Å²) in [4.78, 5) is 2.54. The molecule has 106 valence electrons. The second kappa shape index (κ2) is 7.06. The van der Waals surface area contributed by atoms with Gasteiger partial charge in [-0.2, -0.15) is 0 Å². The molecule has 3 unspecified atom stereocenters. The minimum Gasteiger partial charge on any atom is -0.329 e. The van der Waals surface area contributed by atoms with E-state index >= 15 is 0 Å². The number of nitrogens with zero attached hydrogens (tertiary/aromatic N) is 1. The Balaban J connectivity index is 1.96. The normalized spacial score (nSPS) is 25.5. The Morgan fingerprint density at radius 3 is 2.63 bits per heavy atom. The molecule has 0 radical (unpaired) electrons. The van der Waals surface area contributed by atoms with Gasteiger partial charge in [-0.25, -0.2) is 0 Å². The number of hydrogen-bond donors (Lipinski definition) is 1. The zero-order valence-corrected chi connectivity index (χ0v) is 12.4. The van der Waals surface area contributed by atoms with Crippen LogP contribution < -0.4 is 5.73 Å². The van der Waals surface area contributed by atoms with Gasteiger partial charge in [-0.1, -0.05) is 50.1 Å². The summed E-state index contributed by atoms with van der Waals surface area (Å²) in [6.45, 7) is 3.13. The lowest BCUT2D eigenvalue weighted by Gasteiger charge is -2.38. The third-order valence-corrected chi connectivity index (χ3v) is 4.65. The molecule has 0 heterocycles. The van der Waals surface area contributed by atoms with Gasteiger partial charge in [0.15, 0.2) is 0 Å². The summed E-state index contributed by atoms with van der Waals surface area (Å²) < 4.78 is 0. The van der Waals surface area contributed by atoms with Crippen LogP contribution in [0.1, 0.15) is 38.2 Å². The van der Waals surface area contributed by atoms with Crippen LogP contribution in [0.25, 0.3) is 0 Å². The summed E-state index contributed by atoms with van der Waals surface area (Å²) in [7, 11) is 2.27. The number of rotatable bonds is 5. The van der Waals surface area contributed by atoms with Gasteiger partial charge in [0, 0.05) is 18.6 Å². The molecule has 2 rings (SSSR count). The van der Waals surface area contributed by atoms with E-state index in [2.05, 4.69) is 49.2 Å². The molecule has 0 amide bonds. The van der Waals surface area contributed by atoms with Crippen molar-refractivity contribution in [1.82, 2.24) is 4.90 Å². The molecule has 1 fully saturated rings. The highest BCUT2D eigenvalue weighted by Crippen LogP contribution is 2.28. The molecule has 3 atom stereocenters. The lowest BCUT2D eigenvalue weighted by atomic mass is 9.85. The van der Waals surface area contributed by atoms with Crippen molar-refractivity contribution >= 4 is 0 Å². The number of likely N-dealkylation sites (N-methyl/N-ethyl adjacent to an activating group) is 1. The van der Waals surface area contributed by atoms with E-state index in [0.717, 1.165) is 24.9 Å². The predicted molar refractivity (Wildman–Crippen MR) is 82.2 cm³/mol. The molecule has 1 aromatic rings. The molecule has 0 aliphatic heterocycles. The number of hydrogen-bond acceptors (Lipinski definition) is 2. The average Bonchev–Trinajstić information content (AvgIpc) is 2.45. The summed E-state index contributed by atoms with van der Waals surface area (Å²) >= 11 is 0. The number of nitrogens with two attached hydrogens (primary N) is 1. The standard InChI is InChI=1S/C17H28N2/c1-14-7-6-10-16(11-14)19(2)17(13-18)12-15-8-4-3-5-9-15/h3-5,8-9,14,16-17H,6-7,10-13,18H2,1-2H3. The van der Waals surface area contributed by atoms with Crippen LogP contribution in [0.2, 0.25) is 0 Å². The van der Waals surface area contributed by atoms with Gasteiger partial charge in [0.1, 0.15) is 0 Å². The zero-order valence-electron chi connectivity index (χ0n) is 12.4. The van der Waals surface area contributed by atoms with Gasteiger partial charge in [-0.15, -0.1) is 0 Å². The molecular weight excluding hydrogens is 232 g/mol. The molecule has 0 saturated heterocycles. The van der Waals surface area contributed by atoms with Crippen LogP contribution in [0.15, 0.2) is 30.3 Å². The average molecular weight is 260 g/mol. The van der Waals surface area contributed by atoms with Gasteiger partial charge in [0.05, 0.1) is 0 Å². The zero-order chi connectivity index (χ0) is 13.7. The first kappa shape index (κ1) is 14.5. The second-order valence-corrected chi connectivity index (χ2v) is 6.17. The topological polar surface area (TPSA) is 29.3 Å². The molecule has 1 aliphatic carbocycles. The smallest absolute Gasteiger partial charge is 0.0258 e. The SMILES string of the molecule is CC1CCCC(N(C)C(CN)Cc2ccccc2)C1. The molecule has 1 saturated carbocycles. The van der Waals surface area contributed by atoms with E-state index in [0.29, 0.717) is 6.04 Å². The summed E-state index contributed by atoms with van der Waals surface area (Å²) in [6.07, 6.45) is 6.52. The quantitative estimate of drug-likeness (QED) is 0.881. The van der Waals surface area contributed by atoms with Crippen LogP contribution in [0.5, 0.6) is 0 Å². The fourth-order valence-electron chi connectivity index (χ4n) is 3.35. The Morgan fingerprint density at radius 2 is 2.00 bits per heavy atom. The Labute approximate surface area is 118 Å². The van der Waals surface area contributed by atoms with Crippen molar-refractivity contribution in [3.63, 3.8) is 0 Å². The maximum Gasteiger partial charge on any atom is 0.0258 e. The van der Waals surface area contributed by atoms with Gasteiger partial charge in [-0.3, -0.25) is 4.90 Å². The van der Waals surface area contributed by atoms with Crippen molar-refractivity contribution < 1.29 is 0 Å². The van der Waals surface area contributed by atoms with E-state index in [1.807, 2.05) is 0 Å². The van der Waals surface area contributed by atoms with E-state index in [1.165, 1.54) is 31.2 Å². The molecule has 19 heavy (non-hydrogen) atoms. The molecule has 0 aromatic heterocycles. The van der Waals surface area contributed by atoms with Gasteiger partial charge in [0.2, 0.25) is 0 Å². The van der Waals surface area contributed by atoms with Crippen LogP contribution in [0.3, 0.4) is 0 Å². The lowest BCUT2D eigenvalue weighted by Crippen LogP contribution is -2.47. The highest BCUT2D eigenvalue weighted by atomic mass is 15.2. The predicted octanol–water partition coefficient (Wildman–Crippen LogP) is 3.07. The molecule has 1 aliphatic rings. The largest absolute Gasteiger partial charge is 0.329 e. The van der Waals surface area contributed by atoms with Crippen molar-refractivity contribution in [1.29, 1.82) is 0 Å². The minimum absolute atomic E-state index is 0.470. The van der Waals surface area contributed by atoms with Gasteiger partial charge in [-0.05, 0) is 37.8 Å². The molecule has 2 nitrogen and oxygen atoms in total. The first-order valence-corrected chi connectivity index (χ1v) is 7.66. The first-order chi connectivity index (χ1) is 9.20. The molecule has 0 spiro atoms. The third kappa shape index (κ3) is 4.05. The van der Waals surface area contributed by atoms with Crippen molar-refractivity contribution in [2.24, 2.45) is 11.7 Å². The second-order valence-electron chi connectivity index (χ2n) is 6.17. The number of benzene rings is 1. The van der Waals surface area contributed by atoms with Gasteiger partial charge in [0.25, 0.3) is 0 Å². The van der Waals surface area contributed by atoms with Crippen molar-refractivity contribution in [3.8, 4) is 0 Å². The van der Waals surface area contributed by atoms with Crippen LogP contribution in [-0.4, -0.2) is 30.6 Å². The summed E-state index contributed by atoms with van der Waals surface area (Å²) in [5.41, 5.74) is 7.42. The molecule has 1 aromatic carbocycles. The Hall–Kier alpha value is -0.860. The van der Waals surface area contributed by atoms with Gasteiger partial charge < -0.3 is 5.73 Å². The fraction of sp³-hybridized carbons (Fsp3) is 0.647. The van der Waals surface area contributed by atoms with Crippen LogP contribution in [0, 0.1) is 5.92 Å².